The normalized spacial score (nSPS) is 13.3. The summed E-state index contributed by atoms with van der Waals surface area (Å²) in [4.78, 5) is 27.4. The van der Waals surface area contributed by atoms with Crippen molar-refractivity contribution in [3.63, 3.8) is 0 Å². The molecule has 0 bridgehead atoms. The van der Waals surface area contributed by atoms with E-state index in [9.17, 15) is 9.59 Å². The SMILES string of the molecule is CCCCOc1cc2c(c(C)c1C(=O)Oc1ccccc1)N(C)CCC2=O. The van der Waals surface area contributed by atoms with Crippen LogP contribution >= 0.6 is 0 Å². The summed E-state index contributed by atoms with van der Waals surface area (Å²) in [5.74, 6) is 0.502. The van der Waals surface area contributed by atoms with Crippen LogP contribution in [0.2, 0.25) is 0 Å². The molecule has 0 radical (unpaired) electrons. The van der Waals surface area contributed by atoms with E-state index in [1.165, 1.54) is 0 Å². The maximum atomic E-state index is 13.0. The van der Waals surface area contributed by atoms with Gasteiger partial charge in [0, 0.05) is 25.6 Å². The number of fused-ring (bicyclic) bond motifs is 1. The lowest BCUT2D eigenvalue weighted by molar-refractivity contribution is 0.0728. The summed E-state index contributed by atoms with van der Waals surface area (Å²) in [6, 6.07) is 10.7. The fourth-order valence-corrected chi connectivity index (χ4v) is 3.34. The molecule has 0 N–H and O–H groups in total. The van der Waals surface area contributed by atoms with Crippen molar-refractivity contribution in [3.05, 3.63) is 53.1 Å². The first-order valence-corrected chi connectivity index (χ1v) is 9.35. The molecule has 0 unspecified atom stereocenters. The number of unbranched alkanes of at least 4 members (excludes halogenated alkanes) is 1. The Hall–Kier alpha value is -2.82. The molecule has 0 spiro atoms. The number of ether oxygens (including phenoxy) is 2. The van der Waals surface area contributed by atoms with Gasteiger partial charge >= 0.3 is 5.97 Å². The van der Waals surface area contributed by atoms with Crippen molar-refractivity contribution >= 4 is 17.4 Å². The maximum Gasteiger partial charge on any atom is 0.347 e. The first-order valence-electron chi connectivity index (χ1n) is 9.35. The summed E-state index contributed by atoms with van der Waals surface area (Å²) in [5, 5.41) is 0. The molecule has 0 aliphatic carbocycles. The second-order valence-electron chi connectivity index (χ2n) is 6.77. The predicted molar refractivity (Wildman–Crippen MR) is 105 cm³/mol. The van der Waals surface area contributed by atoms with Gasteiger partial charge in [-0.3, -0.25) is 4.79 Å². The number of benzene rings is 2. The Labute approximate surface area is 159 Å². The van der Waals surface area contributed by atoms with E-state index in [1.807, 2.05) is 37.1 Å². The van der Waals surface area contributed by atoms with Crippen molar-refractivity contribution in [1.82, 2.24) is 0 Å². The van der Waals surface area contributed by atoms with Crippen molar-refractivity contribution in [1.29, 1.82) is 0 Å². The van der Waals surface area contributed by atoms with E-state index in [1.54, 1.807) is 18.2 Å². The zero-order valence-electron chi connectivity index (χ0n) is 16.1. The van der Waals surface area contributed by atoms with Gasteiger partial charge in [-0.25, -0.2) is 4.79 Å². The third-order valence-corrected chi connectivity index (χ3v) is 4.78. The van der Waals surface area contributed by atoms with Crippen LogP contribution in [0.3, 0.4) is 0 Å². The lowest BCUT2D eigenvalue weighted by atomic mass is 9.93. The predicted octanol–water partition coefficient (Wildman–Crippen LogP) is 4.42. The van der Waals surface area contributed by atoms with E-state index in [2.05, 4.69) is 6.92 Å². The number of para-hydroxylation sites is 1. The van der Waals surface area contributed by atoms with Crippen LogP contribution < -0.4 is 14.4 Å². The molecule has 5 heteroatoms. The van der Waals surface area contributed by atoms with Gasteiger partial charge in [0.25, 0.3) is 0 Å². The monoisotopic (exact) mass is 367 g/mol. The van der Waals surface area contributed by atoms with Gasteiger partial charge in [0.1, 0.15) is 17.1 Å². The van der Waals surface area contributed by atoms with Gasteiger partial charge in [-0.2, -0.15) is 0 Å². The fourth-order valence-electron chi connectivity index (χ4n) is 3.34. The Bertz CT molecular complexity index is 845. The number of carbonyl (C=O) groups is 2. The van der Waals surface area contributed by atoms with Gasteiger partial charge < -0.3 is 14.4 Å². The number of hydrogen-bond donors (Lipinski definition) is 0. The molecule has 0 saturated carbocycles. The Morgan fingerprint density at radius 1 is 1.22 bits per heavy atom. The van der Waals surface area contributed by atoms with Crippen molar-refractivity contribution in [3.8, 4) is 11.5 Å². The van der Waals surface area contributed by atoms with Gasteiger partial charge in [-0.05, 0) is 37.1 Å². The standard InChI is InChI=1S/C22H25NO4/c1-4-5-13-26-19-14-17-18(24)11-12-23(3)21(17)15(2)20(19)22(25)27-16-9-7-6-8-10-16/h6-10,14H,4-5,11-13H2,1-3H3. The fraction of sp³-hybridized carbons (Fsp3) is 0.364. The molecule has 1 aliphatic heterocycles. The molecule has 1 aliphatic rings. The summed E-state index contributed by atoms with van der Waals surface area (Å²) in [6.07, 6.45) is 2.32. The molecule has 27 heavy (non-hydrogen) atoms. The van der Waals surface area contributed by atoms with E-state index >= 15 is 0 Å². The number of rotatable bonds is 6. The largest absolute Gasteiger partial charge is 0.493 e. The minimum Gasteiger partial charge on any atom is -0.493 e. The Balaban J connectivity index is 2.05. The molecular formula is C22H25NO4. The number of hydrogen-bond acceptors (Lipinski definition) is 5. The highest BCUT2D eigenvalue weighted by Gasteiger charge is 2.29. The third kappa shape index (κ3) is 3.97. The van der Waals surface area contributed by atoms with Gasteiger partial charge in [0.05, 0.1) is 12.3 Å². The van der Waals surface area contributed by atoms with Crippen molar-refractivity contribution in [2.45, 2.75) is 33.1 Å². The lowest BCUT2D eigenvalue weighted by Crippen LogP contribution is -2.30. The first-order chi connectivity index (χ1) is 13.0. The average molecular weight is 367 g/mol. The molecule has 0 amide bonds. The molecule has 0 saturated heterocycles. The smallest absolute Gasteiger partial charge is 0.347 e. The second-order valence-corrected chi connectivity index (χ2v) is 6.77. The van der Waals surface area contributed by atoms with Crippen molar-refractivity contribution in [2.75, 3.05) is 25.1 Å². The summed E-state index contributed by atoms with van der Waals surface area (Å²) in [5.41, 5.74) is 2.50. The van der Waals surface area contributed by atoms with Crippen molar-refractivity contribution in [2.24, 2.45) is 0 Å². The second kappa shape index (κ2) is 8.25. The number of esters is 1. The van der Waals surface area contributed by atoms with Crippen LogP contribution in [0.15, 0.2) is 36.4 Å². The molecule has 142 valence electrons. The van der Waals surface area contributed by atoms with E-state index < -0.39 is 5.97 Å². The minimum absolute atomic E-state index is 0.0783. The van der Waals surface area contributed by atoms with Gasteiger partial charge in [-0.15, -0.1) is 0 Å². The number of ketones is 1. The zero-order chi connectivity index (χ0) is 19.4. The summed E-state index contributed by atoms with van der Waals surface area (Å²) in [6.45, 7) is 5.05. The molecule has 5 nitrogen and oxygen atoms in total. The Kier molecular flexibility index (Phi) is 5.79. The molecule has 1 heterocycles. The third-order valence-electron chi connectivity index (χ3n) is 4.78. The van der Waals surface area contributed by atoms with E-state index in [-0.39, 0.29) is 5.78 Å². The highest BCUT2D eigenvalue weighted by Crippen LogP contribution is 2.38. The number of anilines is 1. The number of carbonyl (C=O) groups excluding carboxylic acids is 2. The van der Waals surface area contributed by atoms with E-state index in [0.717, 1.165) is 24.1 Å². The van der Waals surface area contributed by atoms with Crippen LogP contribution in [0, 0.1) is 6.92 Å². The lowest BCUT2D eigenvalue weighted by Gasteiger charge is -2.30. The van der Waals surface area contributed by atoms with Gasteiger partial charge in [0.15, 0.2) is 5.78 Å². The maximum absolute atomic E-state index is 13.0. The van der Waals surface area contributed by atoms with Gasteiger partial charge in [-0.1, -0.05) is 31.5 Å². The molecule has 2 aromatic carbocycles. The Morgan fingerprint density at radius 3 is 2.67 bits per heavy atom. The van der Waals surface area contributed by atoms with Gasteiger partial charge in [0.2, 0.25) is 0 Å². The molecule has 0 atom stereocenters. The van der Waals surface area contributed by atoms with Crippen LogP contribution in [0.5, 0.6) is 11.5 Å². The van der Waals surface area contributed by atoms with E-state index in [4.69, 9.17) is 9.47 Å². The number of Topliss-reactive ketones (excluding diaryl/α,β-unsaturated/α-hetero) is 1. The quantitative estimate of drug-likeness (QED) is 0.430. The van der Waals surface area contributed by atoms with E-state index in [0.29, 0.717) is 42.2 Å². The summed E-state index contributed by atoms with van der Waals surface area (Å²) in [7, 11) is 1.93. The van der Waals surface area contributed by atoms with Crippen LogP contribution in [-0.2, 0) is 0 Å². The van der Waals surface area contributed by atoms with Crippen LogP contribution in [0.4, 0.5) is 5.69 Å². The minimum atomic E-state index is -0.473. The first kappa shape index (κ1) is 19.0. The zero-order valence-corrected chi connectivity index (χ0v) is 16.1. The molecule has 2 aromatic rings. The summed E-state index contributed by atoms with van der Waals surface area (Å²) < 4.78 is 11.5. The topological polar surface area (TPSA) is 55.8 Å². The molecule has 3 rings (SSSR count). The highest BCUT2D eigenvalue weighted by atomic mass is 16.5. The molecule has 0 fully saturated rings. The van der Waals surface area contributed by atoms with Crippen molar-refractivity contribution < 1.29 is 19.1 Å². The van der Waals surface area contributed by atoms with Crippen LogP contribution in [-0.4, -0.2) is 32.0 Å². The average Bonchev–Trinajstić information content (AvgIpc) is 2.65. The van der Waals surface area contributed by atoms with Crippen LogP contribution in [0.25, 0.3) is 0 Å². The molecular weight excluding hydrogens is 342 g/mol. The summed E-state index contributed by atoms with van der Waals surface area (Å²) >= 11 is 0. The molecule has 0 aromatic heterocycles. The highest BCUT2D eigenvalue weighted by molar-refractivity contribution is 6.08. The van der Waals surface area contributed by atoms with Crippen LogP contribution in [0.1, 0.15) is 52.5 Å². The Morgan fingerprint density at radius 2 is 1.96 bits per heavy atom. The number of nitrogens with zero attached hydrogens (tertiary/aromatic N) is 1.